The maximum Gasteiger partial charge on any atom is 0.330 e. The van der Waals surface area contributed by atoms with Gasteiger partial charge < -0.3 is 55.1 Å². The first-order chi connectivity index (χ1) is 27.7. The van der Waals surface area contributed by atoms with E-state index in [1.807, 2.05) is 4.98 Å². The van der Waals surface area contributed by atoms with E-state index in [0.717, 1.165) is 53.8 Å². The molecular weight excluding hydrogens is 762 g/mol. The number of nitrogens with zero attached hydrogens (tertiary/aromatic N) is 3. The third-order valence-corrected chi connectivity index (χ3v) is 10.9. The van der Waals surface area contributed by atoms with Crippen molar-refractivity contribution in [2.24, 2.45) is 5.73 Å². The number of hydrogen-bond donors (Lipinski definition) is 7. The van der Waals surface area contributed by atoms with Crippen LogP contribution in [0.4, 0.5) is 0 Å². The number of nitrogens with one attached hydrogen (secondary N) is 1. The summed E-state index contributed by atoms with van der Waals surface area (Å²) >= 11 is 0. The molecule has 19 nitrogen and oxygen atoms in total. The van der Waals surface area contributed by atoms with E-state index in [1.165, 1.54) is 38.3 Å². The van der Waals surface area contributed by atoms with E-state index in [4.69, 9.17) is 24.7 Å². The maximum atomic E-state index is 14.1. The van der Waals surface area contributed by atoms with E-state index in [1.54, 1.807) is 0 Å². The van der Waals surface area contributed by atoms with Gasteiger partial charge in [-0.05, 0) is 45.6 Å². The van der Waals surface area contributed by atoms with Crippen LogP contribution >= 0.6 is 0 Å². The van der Waals surface area contributed by atoms with Gasteiger partial charge in [0.1, 0.15) is 42.7 Å². The first-order valence-corrected chi connectivity index (χ1v) is 20.1. The van der Waals surface area contributed by atoms with Gasteiger partial charge in [0.05, 0.1) is 12.1 Å². The van der Waals surface area contributed by atoms with E-state index < -0.39 is 103 Å². The molecule has 3 fully saturated rings. The zero-order valence-corrected chi connectivity index (χ0v) is 33.4. The van der Waals surface area contributed by atoms with Crippen LogP contribution < -0.4 is 17.0 Å². The molecule has 58 heavy (non-hydrogen) atoms. The van der Waals surface area contributed by atoms with Crippen LogP contribution in [0.5, 0.6) is 0 Å². The van der Waals surface area contributed by atoms with Gasteiger partial charge in [-0.3, -0.25) is 28.8 Å². The van der Waals surface area contributed by atoms with E-state index >= 15 is 0 Å². The first-order valence-electron chi connectivity index (χ1n) is 20.1. The number of aliphatic carboxylic acids is 1. The molecule has 12 atom stereocenters. The molecule has 3 aliphatic rings. The second-order valence-corrected chi connectivity index (χ2v) is 15.1. The average Bonchev–Trinajstić information content (AvgIpc) is 3.59. The molecule has 8 N–H and O–H groups in total. The number of allylic oxidation sites excluding steroid dienone is 4. The highest BCUT2D eigenvalue weighted by Crippen LogP contribution is 2.36. The van der Waals surface area contributed by atoms with Crippen LogP contribution in [-0.4, -0.2) is 157 Å². The fourth-order valence-corrected chi connectivity index (χ4v) is 7.51. The SMILES string of the molecule is CCCCC/C=C\C/C=C\CCCCCC(=O)OC1CN(C)C(CC(O[C@@H]2O[C@H](CN)[C@@H](O)[C@H]2O)[C@H]2O[C@@H](n3ccc(=O)[nH]c3=O)[C@H](O)[C@@H]2O)C(=O)N(C)C1C(=O)O. The molecular formula is C39H61N5O14. The Kier molecular flexibility index (Phi) is 18.2. The number of carboxylic acids is 1. The number of aromatic amines is 1. The molecule has 4 rings (SSSR count). The van der Waals surface area contributed by atoms with Crippen molar-refractivity contribution in [2.45, 2.75) is 151 Å². The number of amides is 1. The zero-order chi connectivity index (χ0) is 42.5. The summed E-state index contributed by atoms with van der Waals surface area (Å²) in [5.41, 5.74) is 4.01. The highest BCUT2D eigenvalue weighted by atomic mass is 16.7. The fourth-order valence-electron chi connectivity index (χ4n) is 7.51. The van der Waals surface area contributed by atoms with Crippen molar-refractivity contribution < 1.29 is 58.9 Å². The minimum Gasteiger partial charge on any atom is -0.480 e. The number of carbonyl (C=O) groups excluding carboxylic acids is 2. The summed E-state index contributed by atoms with van der Waals surface area (Å²) in [6.07, 6.45) is 2.94. The molecule has 1 aromatic rings. The third kappa shape index (κ3) is 12.1. The molecule has 3 aliphatic heterocycles. The Morgan fingerprint density at radius 1 is 0.948 bits per heavy atom. The Morgan fingerprint density at radius 3 is 2.26 bits per heavy atom. The Labute approximate surface area is 337 Å². The lowest BCUT2D eigenvalue weighted by Gasteiger charge is -2.34. The number of aliphatic hydroxyl groups is 4. The monoisotopic (exact) mass is 823 g/mol. The minimum atomic E-state index is -1.77. The summed E-state index contributed by atoms with van der Waals surface area (Å²) in [5.74, 6) is -2.75. The van der Waals surface area contributed by atoms with Gasteiger partial charge in [-0.2, -0.15) is 0 Å². The molecule has 0 aromatic carbocycles. The van der Waals surface area contributed by atoms with Crippen molar-refractivity contribution in [2.75, 3.05) is 27.2 Å². The maximum absolute atomic E-state index is 14.1. The van der Waals surface area contributed by atoms with Crippen LogP contribution in [0.25, 0.3) is 0 Å². The number of rotatable bonds is 21. The van der Waals surface area contributed by atoms with Gasteiger partial charge in [-0.15, -0.1) is 0 Å². The number of hydrogen-bond acceptors (Lipinski definition) is 15. The molecule has 4 heterocycles. The zero-order valence-electron chi connectivity index (χ0n) is 33.4. The number of likely N-dealkylation sites (N-methyl/N-ethyl adjacent to an activating group) is 2. The number of carboxylic acid groups (broad SMARTS) is 1. The quantitative estimate of drug-likeness (QED) is 0.0468. The summed E-state index contributed by atoms with van der Waals surface area (Å²) in [6.45, 7) is 1.78. The highest BCUT2D eigenvalue weighted by Gasteiger charge is 2.53. The highest BCUT2D eigenvalue weighted by molar-refractivity contribution is 5.88. The van der Waals surface area contributed by atoms with Gasteiger partial charge in [0.2, 0.25) is 5.91 Å². The summed E-state index contributed by atoms with van der Waals surface area (Å²) in [5, 5.41) is 53.7. The predicted octanol–water partition coefficient (Wildman–Crippen LogP) is -0.493. The number of esters is 1. The minimum absolute atomic E-state index is 0.0475. The number of H-pyrrole nitrogens is 1. The number of carbonyl (C=O) groups is 3. The second-order valence-electron chi connectivity index (χ2n) is 15.1. The molecule has 0 radical (unpaired) electrons. The van der Waals surface area contributed by atoms with Gasteiger partial charge in [0, 0.05) is 45.2 Å². The Balaban J connectivity index is 1.45. The number of aromatic nitrogens is 2. The van der Waals surface area contributed by atoms with Crippen molar-refractivity contribution in [1.29, 1.82) is 0 Å². The molecule has 1 aromatic heterocycles. The molecule has 19 heteroatoms. The van der Waals surface area contributed by atoms with Crippen molar-refractivity contribution in [3.05, 3.63) is 57.4 Å². The van der Waals surface area contributed by atoms with Crippen LogP contribution in [0.3, 0.4) is 0 Å². The van der Waals surface area contributed by atoms with E-state index in [2.05, 4.69) is 31.2 Å². The normalized spacial score (nSPS) is 31.3. The fraction of sp³-hybridized carbons (Fsp3) is 0.718. The van der Waals surface area contributed by atoms with Crippen LogP contribution in [0, 0.1) is 0 Å². The average molecular weight is 824 g/mol. The summed E-state index contributed by atoms with van der Waals surface area (Å²) in [6, 6.07) is -1.78. The predicted molar refractivity (Wildman–Crippen MR) is 207 cm³/mol. The van der Waals surface area contributed by atoms with Gasteiger partial charge in [0.15, 0.2) is 18.6 Å². The van der Waals surface area contributed by atoms with E-state index in [9.17, 15) is 49.5 Å². The van der Waals surface area contributed by atoms with Crippen molar-refractivity contribution in [3.8, 4) is 0 Å². The lowest BCUT2D eigenvalue weighted by Crippen LogP contribution is -2.53. The van der Waals surface area contributed by atoms with Crippen LogP contribution in [0.15, 0.2) is 46.2 Å². The number of nitrogens with two attached hydrogens (primary N) is 1. The smallest absolute Gasteiger partial charge is 0.330 e. The summed E-state index contributed by atoms with van der Waals surface area (Å²) in [4.78, 5) is 68.4. The third-order valence-electron chi connectivity index (χ3n) is 10.9. The number of unbranched alkanes of at least 4 members (excludes halogenated alkanes) is 6. The number of ether oxygens (including phenoxy) is 4. The number of aliphatic hydroxyl groups excluding tert-OH is 4. The van der Waals surface area contributed by atoms with Gasteiger partial charge in [-0.25, -0.2) is 9.59 Å². The van der Waals surface area contributed by atoms with Crippen LogP contribution in [-0.2, 0) is 33.3 Å². The van der Waals surface area contributed by atoms with Gasteiger partial charge in [0.25, 0.3) is 5.56 Å². The Bertz CT molecular complexity index is 1670. The Morgan fingerprint density at radius 2 is 1.64 bits per heavy atom. The molecule has 326 valence electrons. The van der Waals surface area contributed by atoms with Crippen molar-refractivity contribution >= 4 is 17.8 Å². The van der Waals surface area contributed by atoms with E-state index in [-0.39, 0.29) is 25.9 Å². The standard InChI is InChI=1S/C39H61N5O14/c1-4-5-6-7-8-9-10-11-12-13-14-15-16-17-28(46)55-26-22-42(2)23(35(51)43(3)29(26)37(52)53)20-24(56-38-33(50)30(47)25(21-40)57-38)34-31(48)32(49)36(58-34)44-19-18-27(45)41-39(44)54/h8-9,11-12,18-19,23-26,29-34,36,38,47-50H,4-7,10,13-17,20-22,40H2,1-3H3,(H,52,53)(H,41,45,54)/b9-8-,12-11-/t23?,24?,25-,26?,29?,30-,31+,32-,33-,34-,36-,38-/m1/s1. The van der Waals surface area contributed by atoms with Crippen molar-refractivity contribution in [1.82, 2.24) is 19.4 Å². The topological polar surface area (TPSA) is 277 Å². The Hall–Kier alpha value is -3.79. The molecule has 0 spiro atoms. The molecule has 1 amide bonds. The van der Waals surface area contributed by atoms with Gasteiger partial charge in [-0.1, -0.05) is 50.5 Å². The first kappa shape index (κ1) is 46.9. The van der Waals surface area contributed by atoms with E-state index in [0.29, 0.717) is 6.42 Å². The second kappa shape index (κ2) is 22.5. The summed E-state index contributed by atoms with van der Waals surface area (Å²) < 4.78 is 24.2. The molecule has 4 unspecified atom stereocenters. The van der Waals surface area contributed by atoms with Crippen LogP contribution in [0.1, 0.15) is 83.8 Å². The van der Waals surface area contributed by atoms with Crippen molar-refractivity contribution in [3.63, 3.8) is 0 Å². The summed E-state index contributed by atoms with van der Waals surface area (Å²) in [7, 11) is 2.77. The lowest BCUT2D eigenvalue weighted by molar-refractivity contribution is -0.224. The molecule has 0 bridgehead atoms. The molecule has 0 saturated carbocycles. The largest absolute Gasteiger partial charge is 0.480 e. The van der Waals surface area contributed by atoms with Crippen LogP contribution in [0.2, 0.25) is 0 Å². The van der Waals surface area contributed by atoms with Gasteiger partial charge >= 0.3 is 17.6 Å². The molecule has 0 aliphatic carbocycles. The molecule has 3 saturated heterocycles. The lowest BCUT2D eigenvalue weighted by atomic mass is 9.97.